The van der Waals surface area contributed by atoms with Crippen molar-refractivity contribution in [1.82, 2.24) is 0 Å². The third-order valence-corrected chi connectivity index (χ3v) is 10.2. The first-order valence-corrected chi connectivity index (χ1v) is 23.6. The van der Waals surface area contributed by atoms with Crippen LogP contribution < -0.4 is 0 Å². The minimum Gasteiger partial charge on any atom is -0.462 e. The number of phosphoric acid groups is 1. The molecule has 56 heavy (non-hydrogen) atoms. The maximum atomic E-state index is 12.6. The van der Waals surface area contributed by atoms with E-state index in [0.717, 1.165) is 64.2 Å². The molecule has 11 heteroatoms. The molecule has 326 valence electrons. The predicted octanol–water partition coefficient (Wildman–Crippen LogP) is 11.7. The Labute approximate surface area is 341 Å². The lowest BCUT2D eigenvalue weighted by Crippen LogP contribution is -2.29. The van der Waals surface area contributed by atoms with Crippen molar-refractivity contribution in [3.63, 3.8) is 0 Å². The van der Waals surface area contributed by atoms with Crippen LogP contribution in [0.2, 0.25) is 0 Å². The van der Waals surface area contributed by atoms with E-state index in [1.54, 1.807) is 0 Å². The zero-order valence-electron chi connectivity index (χ0n) is 35.3. The number of ether oxygens (including phenoxy) is 2. The van der Waals surface area contributed by atoms with Gasteiger partial charge in [0.15, 0.2) is 6.10 Å². The maximum absolute atomic E-state index is 12.6. The van der Waals surface area contributed by atoms with E-state index in [1.165, 1.54) is 83.5 Å². The zero-order valence-corrected chi connectivity index (χ0v) is 36.2. The van der Waals surface area contributed by atoms with Crippen LogP contribution in [-0.4, -0.2) is 65.7 Å². The third-order valence-electron chi connectivity index (χ3n) is 9.28. The molecule has 0 aromatic heterocycles. The van der Waals surface area contributed by atoms with E-state index in [0.29, 0.717) is 12.8 Å². The lowest BCUT2D eigenvalue weighted by atomic mass is 10.1. The van der Waals surface area contributed by atoms with Gasteiger partial charge in [-0.05, 0) is 57.8 Å². The van der Waals surface area contributed by atoms with E-state index in [1.807, 2.05) is 18.2 Å². The van der Waals surface area contributed by atoms with Crippen LogP contribution in [0.15, 0.2) is 48.6 Å². The van der Waals surface area contributed by atoms with Gasteiger partial charge in [-0.15, -0.1) is 0 Å². The van der Waals surface area contributed by atoms with Crippen molar-refractivity contribution in [1.29, 1.82) is 0 Å². The number of esters is 2. The molecule has 0 fully saturated rings. The zero-order chi connectivity index (χ0) is 41.2. The van der Waals surface area contributed by atoms with Gasteiger partial charge in [-0.2, -0.15) is 0 Å². The average Bonchev–Trinajstić information content (AvgIpc) is 3.19. The van der Waals surface area contributed by atoms with Gasteiger partial charge in [-0.3, -0.25) is 18.6 Å². The van der Waals surface area contributed by atoms with E-state index in [-0.39, 0.29) is 19.4 Å². The molecule has 2 unspecified atom stereocenters. The van der Waals surface area contributed by atoms with Gasteiger partial charge in [-0.25, -0.2) is 4.57 Å². The molecular weight excluding hydrogens is 731 g/mol. The van der Waals surface area contributed by atoms with Crippen molar-refractivity contribution >= 4 is 19.8 Å². The van der Waals surface area contributed by atoms with Crippen LogP contribution in [0, 0.1) is 0 Å². The molecule has 0 rings (SSSR count). The number of hydrogen-bond acceptors (Lipinski definition) is 9. The highest BCUT2D eigenvalue weighted by Gasteiger charge is 2.27. The first-order valence-electron chi connectivity index (χ1n) is 22.1. The van der Waals surface area contributed by atoms with Crippen molar-refractivity contribution in [2.45, 2.75) is 199 Å². The molecule has 3 N–H and O–H groups in total. The standard InChI is InChI=1S/C45H81O10P/c1-3-5-7-9-11-13-15-17-18-19-20-21-22-23-25-26-28-30-32-34-36-44(48)52-40-43(41-54-56(50,51)53-39-42(47)38-46)55-45(49)37-35-33-31-29-27-24-16-14-12-10-8-6-4-2/h6,8,10,12,14,16,20-21,42-43,46-47H,3-5,7,9,11,13,15,17-19,22-41H2,1-2H3,(H,50,51)/b8-6+,12-10+,16-14+,21-20+/t42-,43?/m1/s1. The molecule has 0 aliphatic heterocycles. The molecule has 10 nitrogen and oxygen atoms in total. The molecule has 3 atom stereocenters. The normalized spacial score (nSPS) is 14.3. The summed E-state index contributed by atoms with van der Waals surface area (Å²) < 4.78 is 32.7. The Morgan fingerprint density at radius 1 is 0.554 bits per heavy atom. The fourth-order valence-corrected chi connectivity index (χ4v) is 6.66. The van der Waals surface area contributed by atoms with Crippen molar-refractivity contribution < 1.29 is 47.8 Å². The maximum Gasteiger partial charge on any atom is 0.472 e. The van der Waals surface area contributed by atoms with Gasteiger partial charge < -0.3 is 24.6 Å². The van der Waals surface area contributed by atoms with Crippen molar-refractivity contribution in [2.75, 3.05) is 26.4 Å². The first-order chi connectivity index (χ1) is 27.2. The van der Waals surface area contributed by atoms with E-state index in [4.69, 9.17) is 19.1 Å². The molecule has 0 saturated heterocycles. The van der Waals surface area contributed by atoms with Crippen LogP contribution in [-0.2, 0) is 32.7 Å². The summed E-state index contributed by atoms with van der Waals surface area (Å²) in [7, 11) is -4.62. The van der Waals surface area contributed by atoms with Gasteiger partial charge >= 0.3 is 19.8 Å². The second-order valence-electron chi connectivity index (χ2n) is 14.7. The molecule has 0 aromatic rings. The average molecular weight is 813 g/mol. The van der Waals surface area contributed by atoms with Crippen LogP contribution in [0.5, 0.6) is 0 Å². The molecule has 0 spiro atoms. The number of unbranched alkanes of at least 4 members (excludes halogenated alkanes) is 21. The minimum absolute atomic E-state index is 0.159. The van der Waals surface area contributed by atoms with Crippen LogP contribution >= 0.6 is 7.82 Å². The summed E-state index contributed by atoms with van der Waals surface area (Å²) in [4.78, 5) is 35.0. The second-order valence-corrected chi connectivity index (χ2v) is 16.2. The molecular formula is C45H81O10P. The van der Waals surface area contributed by atoms with Crippen LogP contribution in [0.1, 0.15) is 187 Å². The topological polar surface area (TPSA) is 149 Å². The Morgan fingerprint density at radius 3 is 1.52 bits per heavy atom. The number of aliphatic hydroxyl groups excluding tert-OH is 2. The molecule has 0 radical (unpaired) electrons. The largest absolute Gasteiger partial charge is 0.472 e. The highest BCUT2D eigenvalue weighted by Crippen LogP contribution is 2.43. The van der Waals surface area contributed by atoms with Crippen molar-refractivity contribution in [3.05, 3.63) is 48.6 Å². The lowest BCUT2D eigenvalue weighted by molar-refractivity contribution is -0.161. The number of allylic oxidation sites excluding steroid dienone is 8. The van der Waals surface area contributed by atoms with E-state index in [9.17, 15) is 24.2 Å². The SMILES string of the molecule is CC/C=C/C=C/C=C/CCCCCCCC(=O)OC(COC(=O)CCCCCCCCC/C=C/CCCCCCCCCCC)COP(=O)(O)OC[C@H](O)CO. The van der Waals surface area contributed by atoms with Gasteiger partial charge in [-0.1, -0.05) is 165 Å². The summed E-state index contributed by atoms with van der Waals surface area (Å²) in [5, 5.41) is 18.3. The highest BCUT2D eigenvalue weighted by molar-refractivity contribution is 7.47. The molecule has 0 saturated carbocycles. The monoisotopic (exact) mass is 813 g/mol. The van der Waals surface area contributed by atoms with E-state index >= 15 is 0 Å². The van der Waals surface area contributed by atoms with E-state index < -0.39 is 51.8 Å². The predicted molar refractivity (Wildman–Crippen MR) is 228 cm³/mol. The summed E-state index contributed by atoms with van der Waals surface area (Å²) in [6, 6.07) is 0. The van der Waals surface area contributed by atoms with Gasteiger partial charge in [0, 0.05) is 12.8 Å². The first kappa shape index (κ1) is 53.9. The number of carbonyl (C=O) groups excluding carboxylic acids is 2. The summed E-state index contributed by atoms with van der Waals surface area (Å²) in [5.41, 5.74) is 0. The number of aliphatic hydroxyl groups is 2. The summed E-state index contributed by atoms with van der Waals surface area (Å²) >= 11 is 0. The lowest BCUT2D eigenvalue weighted by Gasteiger charge is -2.20. The van der Waals surface area contributed by atoms with Gasteiger partial charge in [0.2, 0.25) is 0 Å². The summed E-state index contributed by atoms with van der Waals surface area (Å²) in [6.45, 7) is 2.22. The van der Waals surface area contributed by atoms with Crippen LogP contribution in [0.4, 0.5) is 0 Å². The highest BCUT2D eigenvalue weighted by atomic mass is 31.2. The molecule has 0 aromatic carbocycles. The number of phosphoric ester groups is 1. The minimum atomic E-state index is -4.62. The number of carbonyl (C=O) groups is 2. The Balaban J connectivity index is 4.25. The van der Waals surface area contributed by atoms with Crippen LogP contribution in [0.25, 0.3) is 0 Å². The summed E-state index contributed by atoms with van der Waals surface area (Å²) in [5.74, 6) is -0.954. The Kier molecular flexibility index (Phi) is 39.6. The van der Waals surface area contributed by atoms with E-state index in [2.05, 4.69) is 48.8 Å². The number of rotatable bonds is 41. The fourth-order valence-electron chi connectivity index (χ4n) is 5.87. The molecule has 0 amide bonds. The van der Waals surface area contributed by atoms with Crippen molar-refractivity contribution in [3.8, 4) is 0 Å². The Hall–Kier alpha value is -2.07. The van der Waals surface area contributed by atoms with Gasteiger partial charge in [0.1, 0.15) is 12.7 Å². The quantitative estimate of drug-likeness (QED) is 0.0179. The summed E-state index contributed by atoms with van der Waals surface area (Å²) in [6.07, 6.45) is 43.7. The Morgan fingerprint density at radius 2 is 1.00 bits per heavy atom. The molecule has 0 bridgehead atoms. The molecule has 0 aliphatic carbocycles. The third kappa shape index (κ3) is 40.1. The Bertz CT molecular complexity index is 1070. The fraction of sp³-hybridized carbons (Fsp3) is 0.778. The smallest absolute Gasteiger partial charge is 0.462 e. The van der Waals surface area contributed by atoms with Gasteiger partial charge in [0.05, 0.1) is 19.8 Å². The van der Waals surface area contributed by atoms with Crippen LogP contribution in [0.3, 0.4) is 0 Å². The number of hydrogen-bond donors (Lipinski definition) is 3. The second kappa shape index (κ2) is 41.1. The van der Waals surface area contributed by atoms with Crippen molar-refractivity contribution in [2.24, 2.45) is 0 Å². The molecule has 0 heterocycles. The molecule has 0 aliphatic rings. The van der Waals surface area contributed by atoms with Gasteiger partial charge in [0.25, 0.3) is 0 Å².